The highest BCUT2D eigenvalue weighted by Crippen LogP contribution is 2.62. The maximum Gasteiger partial charge on any atom is 0.164 e. The van der Waals surface area contributed by atoms with Crippen LogP contribution in [0.1, 0.15) is 73.9 Å². The fourth-order valence-corrected chi connectivity index (χ4v) is 9.07. The minimum Gasteiger partial charge on any atom is -0.457 e. The molecule has 4 nitrogen and oxygen atoms in total. The van der Waals surface area contributed by atoms with Crippen molar-refractivity contribution < 1.29 is 4.74 Å². The van der Waals surface area contributed by atoms with E-state index in [9.17, 15) is 0 Å². The van der Waals surface area contributed by atoms with Crippen LogP contribution in [0.15, 0.2) is 140 Å². The Kier molecular flexibility index (Phi) is 6.58. The summed E-state index contributed by atoms with van der Waals surface area (Å²) in [7, 11) is 0. The SMILES string of the molecule is CC1(C)CCC(C)(C)c2cc(-c3nc(-c4ccccc4)nc(-c4ccc5c(c4)C4(c6ccccc6O5)c5ccccc5-c5ccccc54)n3)ccc21. The quantitative estimate of drug-likeness (QED) is 0.187. The van der Waals surface area contributed by atoms with Crippen molar-refractivity contribution in [3.8, 4) is 56.8 Å². The molecular formula is C48H39N3O. The van der Waals surface area contributed by atoms with Gasteiger partial charge in [0, 0.05) is 27.8 Å². The summed E-state index contributed by atoms with van der Waals surface area (Å²) in [4.78, 5) is 15.6. The number of hydrogen-bond donors (Lipinski definition) is 0. The van der Waals surface area contributed by atoms with Crippen molar-refractivity contribution in [2.45, 2.75) is 56.8 Å². The summed E-state index contributed by atoms with van der Waals surface area (Å²) >= 11 is 0. The second kappa shape index (κ2) is 11.1. The zero-order chi connectivity index (χ0) is 35.2. The molecule has 0 N–H and O–H groups in total. The van der Waals surface area contributed by atoms with E-state index in [2.05, 4.69) is 149 Å². The molecule has 10 rings (SSSR count). The van der Waals surface area contributed by atoms with Crippen LogP contribution >= 0.6 is 0 Å². The van der Waals surface area contributed by atoms with Crippen LogP contribution in [0.2, 0.25) is 0 Å². The van der Waals surface area contributed by atoms with E-state index in [0.717, 1.165) is 45.7 Å². The van der Waals surface area contributed by atoms with E-state index >= 15 is 0 Å². The first-order valence-electron chi connectivity index (χ1n) is 18.3. The number of nitrogens with zero attached hydrogens (tertiary/aromatic N) is 3. The van der Waals surface area contributed by atoms with E-state index in [0.29, 0.717) is 17.5 Å². The van der Waals surface area contributed by atoms with Gasteiger partial charge in [0.25, 0.3) is 0 Å². The number of ether oxygens (including phenoxy) is 1. The van der Waals surface area contributed by atoms with Crippen LogP contribution in [-0.4, -0.2) is 15.0 Å². The second-order valence-electron chi connectivity index (χ2n) is 15.9. The Hall–Kier alpha value is -5.87. The smallest absolute Gasteiger partial charge is 0.164 e. The average molecular weight is 674 g/mol. The molecule has 0 amide bonds. The Bertz CT molecular complexity index is 2520. The van der Waals surface area contributed by atoms with Crippen molar-refractivity contribution in [3.63, 3.8) is 0 Å². The number of para-hydroxylation sites is 1. The lowest BCUT2D eigenvalue weighted by molar-refractivity contribution is 0.332. The predicted octanol–water partition coefficient (Wildman–Crippen LogP) is 11.7. The Balaban J connectivity index is 1.21. The minimum atomic E-state index is -0.567. The molecule has 0 fully saturated rings. The maximum absolute atomic E-state index is 6.71. The summed E-state index contributed by atoms with van der Waals surface area (Å²) in [6.07, 6.45) is 2.31. The monoisotopic (exact) mass is 673 g/mol. The Labute approximate surface area is 305 Å². The average Bonchev–Trinajstić information content (AvgIpc) is 3.47. The molecule has 2 aliphatic carbocycles. The largest absolute Gasteiger partial charge is 0.457 e. The highest BCUT2D eigenvalue weighted by Gasteiger charge is 2.51. The first kappa shape index (κ1) is 30.9. The molecule has 0 radical (unpaired) electrons. The zero-order valence-corrected chi connectivity index (χ0v) is 29.9. The van der Waals surface area contributed by atoms with Gasteiger partial charge in [-0.15, -0.1) is 0 Å². The molecule has 1 spiro atoms. The molecule has 0 saturated heterocycles. The summed E-state index contributed by atoms with van der Waals surface area (Å²) in [5.74, 6) is 3.69. The predicted molar refractivity (Wildman–Crippen MR) is 209 cm³/mol. The van der Waals surface area contributed by atoms with Gasteiger partial charge in [-0.05, 0) is 87.4 Å². The third kappa shape index (κ3) is 4.43. The molecule has 252 valence electrons. The molecule has 4 heteroatoms. The molecule has 0 bridgehead atoms. The minimum absolute atomic E-state index is 0.0654. The maximum atomic E-state index is 6.71. The van der Waals surface area contributed by atoms with Crippen molar-refractivity contribution in [1.82, 2.24) is 15.0 Å². The van der Waals surface area contributed by atoms with Crippen LogP contribution in [0, 0.1) is 0 Å². The van der Waals surface area contributed by atoms with E-state index in [1.807, 2.05) is 18.2 Å². The van der Waals surface area contributed by atoms with Gasteiger partial charge in [0.05, 0.1) is 5.41 Å². The van der Waals surface area contributed by atoms with Gasteiger partial charge >= 0.3 is 0 Å². The summed E-state index contributed by atoms with van der Waals surface area (Å²) in [6, 6.07) is 49.6. The Morgan fingerprint density at radius 1 is 0.404 bits per heavy atom. The van der Waals surface area contributed by atoms with Crippen LogP contribution in [0.5, 0.6) is 11.5 Å². The van der Waals surface area contributed by atoms with Crippen molar-refractivity contribution in [2.75, 3.05) is 0 Å². The van der Waals surface area contributed by atoms with Gasteiger partial charge in [-0.1, -0.05) is 137 Å². The molecule has 3 aliphatic rings. The molecule has 1 aliphatic heterocycles. The molecule has 7 aromatic rings. The molecule has 52 heavy (non-hydrogen) atoms. The Morgan fingerprint density at radius 2 is 0.885 bits per heavy atom. The van der Waals surface area contributed by atoms with E-state index < -0.39 is 5.41 Å². The molecule has 6 aromatic carbocycles. The standard InChI is InChI=1S/C48H39N3O/c1-46(2)26-27-47(3,4)39-28-31(22-24-37(39)46)44-49-43(30-14-6-5-7-15-30)50-45(51-44)32-23-25-42-40(29-32)48(38-20-12-13-21-41(38)52-42)35-18-10-8-16-33(35)34-17-9-11-19-36(34)48/h5-25,28-29H,26-27H2,1-4H3. The fourth-order valence-electron chi connectivity index (χ4n) is 9.07. The van der Waals surface area contributed by atoms with Crippen LogP contribution in [-0.2, 0) is 16.2 Å². The number of aromatic nitrogens is 3. The van der Waals surface area contributed by atoms with Crippen LogP contribution < -0.4 is 4.74 Å². The second-order valence-corrected chi connectivity index (χ2v) is 15.9. The van der Waals surface area contributed by atoms with Gasteiger partial charge in [0.15, 0.2) is 17.5 Å². The lowest BCUT2D eigenvalue weighted by atomic mass is 9.63. The van der Waals surface area contributed by atoms with Gasteiger partial charge in [0.1, 0.15) is 11.5 Å². The van der Waals surface area contributed by atoms with Crippen LogP contribution in [0.25, 0.3) is 45.3 Å². The first-order chi connectivity index (χ1) is 25.2. The van der Waals surface area contributed by atoms with Gasteiger partial charge < -0.3 is 4.74 Å². The normalized spacial score (nSPS) is 16.5. The highest BCUT2D eigenvalue weighted by atomic mass is 16.5. The Morgan fingerprint density at radius 3 is 1.54 bits per heavy atom. The van der Waals surface area contributed by atoms with E-state index in [-0.39, 0.29) is 10.8 Å². The third-order valence-corrected chi connectivity index (χ3v) is 11.9. The lowest BCUT2D eigenvalue weighted by Gasteiger charge is -2.42. The zero-order valence-electron chi connectivity index (χ0n) is 29.9. The highest BCUT2D eigenvalue weighted by molar-refractivity contribution is 5.89. The van der Waals surface area contributed by atoms with Crippen LogP contribution in [0.4, 0.5) is 0 Å². The molecule has 0 atom stereocenters. The lowest BCUT2D eigenvalue weighted by Crippen LogP contribution is -2.33. The van der Waals surface area contributed by atoms with Gasteiger partial charge in [-0.3, -0.25) is 0 Å². The number of hydrogen-bond acceptors (Lipinski definition) is 4. The molecule has 0 saturated carbocycles. The van der Waals surface area contributed by atoms with Crippen LogP contribution in [0.3, 0.4) is 0 Å². The molecule has 2 heterocycles. The van der Waals surface area contributed by atoms with E-state index in [1.165, 1.54) is 39.8 Å². The van der Waals surface area contributed by atoms with Crippen molar-refractivity contribution in [3.05, 3.63) is 173 Å². The summed E-state index contributed by atoms with van der Waals surface area (Å²) in [6.45, 7) is 9.45. The van der Waals surface area contributed by atoms with E-state index in [1.54, 1.807) is 0 Å². The topological polar surface area (TPSA) is 47.9 Å². The van der Waals surface area contributed by atoms with Crippen molar-refractivity contribution in [2.24, 2.45) is 0 Å². The molecule has 0 unspecified atom stereocenters. The summed E-state index contributed by atoms with van der Waals surface area (Å²) in [5.41, 5.74) is 12.5. The first-order valence-corrected chi connectivity index (χ1v) is 18.3. The summed E-state index contributed by atoms with van der Waals surface area (Å²) < 4.78 is 6.71. The number of fused-ring (bicyclic) bond motifs is 10. The van der Waals surface area contributed by atoms with E-state index in [4.69, 9.17) is 19.7 Å². The van der Waals surface area contributed by atoms with Crippen molar-refractivity contribution >= 4 is 0 Å². The third-order valence-electron chi connectivity index (χ3n) is 11.9. The van der Waals surface area contributed by atoms with Gasteiger partial charge in [-0.25, -0.2) is 15.0 Å². The van der Waals surface area contributed by atoms with Crippen molar-refractivity contribution in [1.29, 1.82) is 0 Å². The molecular weight excluding hydrogens is 635 g/mol. The fraction of sp³-hybridized carbons (Fsp3) is 0.188. The van der Waals surface area contributed by atoms with Gasteiger partial charge in [0.2, 0.25) is 0 Å². The van der Waals surface area contributed by atoms with Gasteiger partial charge in [-0.2, -0.15) is 0 Å². The summed E-state index contributed by atoms with van der Waals surface area (Å²) in [5, 5.41) is 0. The molecule has 1 aromatic heterocycles. The number of benzene rings is 6. The number of rotatable bonds is 3.